The zero-order valence-electron chi connectivity index (χ0n) is 8.87. The van der Waals surface area contributed by atoms with Gasteiger partial charge in [-0.1, -0.05) is 0 Å². The second-order valence-corrected chi connectivity index (χ2v) is 3.58. The summed E-state index contributed by atoms with van der Waals surface area (Å²) < 4.78 is 5.35. The van der Waals surface area contributed by atoms with Crippen molar-refractivity contribution in [2.75, 3.05) is 26.3 Å². The summed E-state index contributed by atoms with van der Waals surface area (Å²) in [4.78, 5) is 13.5. The summed E-state index contributed by atoms with van der Waals surface area (Å²) in [5, 5.41) is 0. The summed E-state index contributed by atoms with van der Waals surface area (Å²) in [6.45, 7) is 4.68. The molecule has 0 spiro atoms. The summed E-state index contributed by atoms with van der Waals surface area (Å²) >= 11 is 0. The monoisotopic (exact) mass is 200 g/mol. The predicted octanol–water partition coefficient (Wildman–Crippen LogP) is 0.363. The predicted molar refractivity (Wildman–Crippen MR) is 54.9 cm³/mol. The van der Waals surface area contributed by atoms with Gasteiger partial charge in [0.25, 0.3) is 0 Å². The molecule has 1 heterocycles. The lowest BCUT2D eigenvalue weighted by Crippen LogP contribution is -2.39. The van der Waals surface area contributed by atoms with Crippen LogP contribution in [-0.4, -0.2) is 43.2 Å². The van der Waals surface area contributed by atoms with Crippen LogP contribution in [0.25, 0.3) is 0 Å². The maximum atomic E-state index is 11.6. The fourth-order valence-electron chi connectivity index (χ4n) is 1.86. The van der Waals surface area contributed by atoms with Crippen LogP contribution in [-0.2, 0) is 9.53 Å². The van der Waals surface area contributed by atoms with Crippen LogP contribution in [0.1, 0.15) is 26.2 Å². The Kier molecular flexibility index (Phi) is 4.90. The van der Waals surface area contributed by atoms with Gasteiger partial charge in [-0.15, -0.1) is 0 Å². The number of nitrogens with two attached hydrogens (primary N) is 1. The molecule has 0 saturated carbocycles. The number of carbonyl (C=O) groups excluding carboxylic acids is 1. The first-order valence-corrected chi connectivity index (χ1v) is 5.36. The summed E-state index contributed by atoms with van der Waals surface area (Å²) in [6.07, 6.45) is 2.62. The number of nitrogens with zero attached hydrogens (tertiary/aromatic N) is 1. The minimum Gasteiger partial charge on any atom is -0.380 e. The lowest BCUT2D eigenvalue weighted by molar-refractivity contribution is -0.132. The van der Waals surface area contributed by atoms with Crippen LogP contribution in [0.4, 0.5) is 0 Å². The van der Waals surface area contributed by atoms with Gasteiger partial charge in [-0.2, -0.15) is 0 Å². The van der Waals surface area contributed by atoms with Crippen molar-refractivity contribution in [1.82, 2.24) is 4.90 Å². The maximum absolute atomic E-state index is 11.6. The molecular formula is C10H20N2O2. The average Bonchev–Trinajstić information content (AvgIpc) is 2.63. The van der Waals surface area contributed by atoms with Gasteiger partial charge >= 0.3 is 0 Å². The van der Waals surface area contributed by atoms with E-state index < -0.39 is 0 Å². The van der Waals surface area contributed by atoms with E-state index in [0.29, 0.717) is 19.6 Å². The highest BCUT2D eigenvalue weighted by Gasteiger charge is 2.27. The Bertz CT molecular complexity index is 185. The first-order chi connectivity index (χ1) is 6.79. The third kappa shape index (κ3) is 2.96. The van der Waals surface area contributed by atoms with Gasteiger partial charge in [0.1, 0.15) is 0 Å². The van der Waals surface area contributed by atoms with E-state index in [1.165, 1.54) is 0 Å². The molecule has 14 heavy (non-hydrogen) atoms. The fourth-order valence-corrected chi connectivity index (χ4v) is 1.86. The molecule has 1 atom stereocenters. The van der Waals surface area contributed by atoms with Crippen LogP contribution in [0.5, 0.6) is 0 Å². The summed E-state index contributed by atoms with van der Waals surface area (Å²) in [6, 6.07) is 0.286. The normalized spacial score (nSPS) is 21.6. The highest BCUT2D eigenvalue weighted by molar-refractivity contribution is 5.77. The van der Waals surface area contributed by atoms with Crippen molar-refractivity contribution >= 4 is 5.91 Å². The number of likely N-dealkylation sites (tertiary alicyclic amines) is 1. The molecule has 4 nitrogen and oxygen atoms in total. The van der Waals surface area contributed by atoms with E-state index >= 15 is 0 Å². The van der Waals surface area contributed by atoms with Gasteiger partial charge in [-0.05, 0) is 19.8 Å². The Morgan fingerprint density at radius 2 is 2.43 bits per heavy atom. The minimum atomic E-state index is 0.176. The van der Waals surface area contributed by atoms with Crippen LogP contribution in [0.2, 0.25) is 0 Å². The van der Waals surface area contributed by atoms with E-state index in [1.807, 2.05) is 11.8 Å². The van der Waals surface area contributed by atoms with Gasteiger partial charge < -0.3 is 15.4 Å². The Hall–Kier alpha value is -0.610. The second kappa shape index (κ2) is 5.98. The number of hydrogen-bond donors (Lipinski definition) is 1. The standard InChI is InChI=1S/C10H20N2O2/c1-2-14-8-9-4-3-7-12(9)10(13)5-6-11/h9H,2-8,11H2,1H3/t9-/m0/s1. The second-order valence-electron chi connectivity index (χ2n) is 3.58. The Labute approximate surface area is 85.4 Å². The molecule has 1 fully saturated rings. The van der Waals surface area contributed by atoms with Gasteiger partial charge in [0, 0.05) is 26.1 Å². The van der Waals surface area contributed by atoms with Crippen LogP contribution in [0.3, 0.4) is 0 Å². The molecule has 0 aliphatic carbocycles. The zero-order valence-corrected chi connectivity index (χ0v) is 8.87. The van der Waals surface area contributed by atoms with Gasteiger partial charge in [-0.3, -0.25) is 4.79 Å². The lowest BCUT2D eigenvalue weighted by atomic mass is 10.2. The number of ether oxygens (including phenoxy) is 1. The van der Waals surface area contributed by atoms with Crippen LogP contribution < -0.4 is 5.73 Å². The Balaban J connectivity index is 2.38. The van der Waals surface area contributed by atoms with E-state index in [1.54, 1.807) is 0 Å². The molecule has 1 rings (SSSR count). The number of amides is 1. The topological polar surface area (TPSA) is 55.6 Å². The van der Waals surface area contributed by atoms with Crippen LogP contribution in [0.15, 0.2) is 0 Å². The molecule has 1 aliphatic rings. The highest BCUT2D eigenvalue weighted by Crippen LogP contribution is 2.18. The molecule has 82 valence electrons. The molecule has 1 aliphatic heterocycles. The maximum Gasteiger partial charge on any atom is 0.224 e. The van der Waals surface area contributed by atoms with Crippen molar-refractivity contribution in [3.8, 4) is 0 Å². The van der Waals surface area contributed by atoms with Crippen LogP contribution >= 0.6 is 0 Å². The van der Waals surface area contributed by atoms with E-state index in [9.17, 15) is 4.79 Å². The van der Waals surface area contributed by atoms with Gasteiger partial charge in [0.2, 0.25) is 5.91 Å². The van der Waals surface area contributed by atoms with E-state index in [2.05, 4.69) is 0 Å². The first-order valence-electron chi connectivity index (χ1n) is 5.36. The lowest BCUT2D eigenvalue weighted by Gasteiger charge is -2.24. The summed E-state index contributed by atoms with van der Waals surface area (Å²) in [7, 11) is 0. The zero-order chi connectivity index (χ0) is 10.4. The fraction of sp³-hybridized carbons (Fsp3) is 0.900. The molecule has 0 bridgehead atoms. The first kappa shape index (κ1) is 11.5. The van der Waals surface area contributed by atoms with Crippen molar-refractivity contribution in [2.45, 2.75) is 32.2 Å². The average molecular weight is 200 g/mol. The quantitative estimate of drug-likeness (QED) is 0.697. The van der Waals surface area contributed by atoms with E-state index in [4.69, 9.17) is 10.5 Å². The number of rotatable bonds is 5. The molecular weight excluding hydrogens is 180 g/mol. The van der Waals surface area contributed by atoms with Crippen molar-refractivity contribution in [3.63, 3.8) is 0 Å². The minimum absolute atomic E-state index is 0.176. The van der Waals surface area contributed by atoms with Gasteiger partial charge in [0.05, 0.1) is 12.6 Å². The molecule has 0 aromatic heterocycles. The third-order valence-electron chi connectivity index (χ3n) is 2.57. The van der Waals surface area contributed by atoms with Crippen molar-refractivity contribution in [3.05, 3.63) is 0 Å². The number of hydrogen-bond acceptors (Lipinski definition) is 3. The largest absolute Gasteiger partial charge is 0.380 e. The molecule has 2 N–H and O–H groups in total. The van der Waals surface area contributed by atoms with Crippen molar-refractivity contribution in [2.24, 2.45) is 5.73 Å². The molecule has 1 saturated heterocycles. The van der Waals surface area contributed by atoms with Crippen LogP contribution in [0, 0.1) is 0 Å². The molecule has 4 heteroatoms. The molecule has 0 aromatic carbocycles. The molecule has 0 aromatic rings. The smallest absolute Gasteiger partial charge is 0.224 e. The molecule has 0 radical (unpaired) electrons. The molecule has 1 amide bonds. The Morgan fingerprint density at radius 3 is 3.07 bits per heavy atom. The third-order valence-corrected chi connectivity index (χ3v) is 2.57. The van der Waals surface area contributed by atoms with E-state index in [0.717, 1.165) is 26.0 Å². The number of carbonyl (C=O) groups is 1. The van der Waals surface area contributed by atoms with Gasteiger partial charge in [-0.25, -0.2) is 0 Å². The highest BCUT2D eigenvalue weighted by atomic mass is 16.5. The van der Waals surface area contributed by atoms with Gasteiger partial charge in [0.15, 0.2) is 0 Å². The van der Waals surface area contributed by atoms with E-state index in [-0.39, 0.29) is 11.9 Å². The Morgan fingerprint density at radius 1 is 1.64 bits per heavy atom. The summed E-state index contributed by atoms with van der Waals surface area (Å²) in [5.74, 6) is 0.176. The van der Waals surface area contributed by atoms with Crippen molar-refractivity contribution < 1.29 is 9.53 Å². The van der Waals surface area contributed by atoms with Crippen molar-refractivity contribution in [1.29, 1.82) is 0 Å². The SMILES string of the molecule is CCOC[C@@H]1CCCN1C(=O)CCN. The summed E-state index contributed by atoms with van der Waals surface area (Å²) in [5.41, 5.74) is 5.36. The molecule has 0 unspecified atom stereocenters.